The zero-order valence-corrected chi connectivity index (χ0v) is 20.0. The molecule has 182 valence electrons. The van der Waals surface area contributed by atoms with E-state index in [0.717, 1.165) is 62.5 Å². The Morgan fingerprint density at radius 3 is 1.26 bits per heavy atom. The van der Waals surface area contributed by atoms with E-state index in [9.17, 15) is 9.59 Å². The van der Waals surface area contributed by atoms with Crippen molar-refractivity contribution in [1.29, 1.82) is 0 Å². The summed E-state index contributed by atoms with van der Waals surface area (Å²) in [5, 5.41) is 12.7. The van der Waals surface area contributed by atoms with E-state index in [0.29, 0.717) is 0 Å². The lowest BCUT2D eigenvalue weighted by molar-refractivity contribution is 0.216. The zero-order chi connectivity index (χ0) is 23.6. The molecule has 0 bridgehead atoms. The number of hydrogen-bond donors (Lipinski definition) is 4. The first-order valence-corrected chi connectivity index (χ1v) is 12.9. The fourth-order valence-corrected chi connectivity index (χ4v) is 5.27. The Labute approximate surface area is 203 Å². The number of urea groups is 2. The second-order valence-corrected chi connectivity index (χ2v) is 9.68. The fourth-order valence-electron chi connectivity index (χ4n) is 5.27. The van der Waals surface area contributed by atoms with Crippen LogP contribution in [0.2, 0.25) is 0 Å². The second-order valence-electron chi connectivity index (χ2n) is 9.68. The molecule has 2 aromatic rings. The van der Waals surface area contributed by atoms with Crippen LogP contribution in [0.15, 0.2) is 60.7 Å². The average Bonchev–Trinajstić information content (AvgIpc) is 2.88. The molecule has 34 heavy (non-hydrogen) atoms. The molecule has 0 aliphatic heterocycles. The summed E-state index contributed by atoms with van der Waals surface area (Å²) in [6, 6.07) is 19.0. The molecule has 2 aromatic carbocycles. The molecule has 6 nitrogen and oxygen atoms in total. The molecular weight excluding hydrogens is 424 g/mol. The minimum absolute atomic E-state index is 0.184. The number of benzene rings is 2. The minimum Gasteiger partial charge on any atom is -0.335 e. The third-order valence-electron chi connectivity index (χ3n) is 7.10. The maximum Gasteiger partial charge on any atom is 0.315 e. The second kappa shape index (κ2) is 12.4. The minimum atomic E-state index is -0.413. The Kier molecular flexibility index (Phi) is 8.83. The highest BCUT2D eigenvalue weighted by Crippen LogP contribution is 2.29. The van der Waals surface area contributed by atoms with Gasteiger partial charge in [0.15, 0.2) is 0 Å². The topological polar surface area (TPSA) is 82.3 Å². The molecule has 2 aliphatic carbocycles. The van der Waals surface area contributed by atoms with Gasteiger partial charge in [0, 0.05) is 12.1 Å². The van der Waals surface area contributed by atoms with Crippen LogP contribution in [0, 0.1) is 0 Å². The molecule has 0 spiro atoms. The molecule has 4 amide bonds. The van der Waals surface area contributed by atoms with Gasteiger partial charge in [-0.1, -0.05) is 99.2 Å². The monoisotopic (exact) mass is 462 g/mol. The molecule has 0 unspecified atom stereocenters. The highest BCUT2D eigenvalue weighted by Gasteiger charge is 2.29. The number of amides is 4. The van der Waals surface area contributed by atoms with Gasteiger partial charge in [-0.3, -0.25) is 0 Å². The van der Waals surface area contributed by atoms with E-state index >= 15 is 0 Å². The summed E-state index contributed by atoms with van der Waals surface area (Å²) in [5.74, 6) is 0. The SMILES string of the molecule is O=C(NC1CCCCC1)N[C@H](c1ccccc1)[C@@H](NC(=O)NC1CCCCC1)c1ccccc1. The molecular formula is C28H38N4O2. The first-order valence-electron chi connectivity index (χ1n) is 12.9. The van der Waals surface area contributed by atoms with E-state index in [4.69, 9.17) is 0 Å². The first kappa shape index (κ1) is 24.1. The van der Waals surface area contributed by atoms with Gasteiger partial charge in [-0.15, -0.1) is 0 Å². The van der Waals surface area contributed by atoms with E-state index in [1.807, 2.05) is 60.7 Å². The molecule has 0 radical (unpaired) electrons. The van der Waals surface area contributed by atoms with Crippen LogP contribution < -0.4 is 21.3 Å². The maximum absolute atomic E-state index is 13.1. The summed E-state index contributed by atoms with van der Waals surface area (Å²) in [6.07, 6.45) is 11.2. The lowest BCUT2D eigenvalue weighted by Gasteiger charge is -2.32. The van der Waals surface area contributed by atoms with Gasteiger partial charge in [0.05, 0.1) is 12.1 Å². The van der Waals surface area contributed by atoms with E-state index < -0.39 is 12.1 Å². The van der Waals surface area contributed by atoms with Gasteiger partial charge < -0.3 is 21.3 Å². The summed E-state index contributed by atoms with van der Waals surface area (Å²) in [4.78, 5) is 26.2. The Bertz CT molecular complexity index is 818. The van der Waals surface area contributed by atoms with Gasteiger partial charge in [0.25, 0.3) is 0 Å². The third-order valence-corrected chi connectivity index (χ3v) is 7.10. The van der Waals surface area contributed by atoms with Crippen molar-refractivity contribution >= 4 is 12.1 Å². The number of carbonyl (C=O) groups excluding carboxylic acids is 2. The molecule has 4 N–H and O–H groups in total. The van der Waals surface area contributed by atoms with Crippen LogP contribution >= 0.6 is 0 Å². The molecule has 2 atom stereocenters. The maximum atomic E-state index is 13.1. The average molecular weight is 463 g/mol. The van der Waals surface area contributed by atoms with Gasteiger partial charge in [0.2, 0.25) is 0 Å². The van der Waals surface area contributed by atoms with E-state index in [-0.39, 0.29) is 24.1 Å². The van der Waals surface area contributed by atoms with Gasteiger partial charge in [-0.2, -0.15) is 0 Å². The highest BCUT2D eigenvalue weighted by molar-refractivity contribution is 5.77. The number of carbonyl (C=O) groups is 2. The summed E-state index contributed by atoms with van der Waals surface area (Å²) < 4.78 is 0. The molecule has 4 rings (SSSR count). The smallest absolute Gasteiger partial charge is 0.315 e. The summed E-state index contributed by atoms with van der Waals surface area (Å²) >= 11 is 0. The van der Waals surface area contributed by atoms with Crippen molar-refractivity contribution in [2.75, 3.05) is 0 Å². The summed E-state index contributed by atoms with van der Waals surface area (Å²) in [6.45, 7) is 0. The largest absolute Gasteiger partial charge is 0.335 e. The molecule has 0 heterocycles. The van der Waals surface area contributed by atoms with E-state index in [2.05, 4.69) is 21.3 Å². The molecule has 0 aromatic heterocycles. The fraction of sp³-hybridized carbons (Fsp3) is 0.500. The normalized spacial score (nSPS) is 18.9. The predicted octanol–water partition coefficient (Wildman–Crippen LogP) is 5.73. The van der Waals surface area contributed by atoms with Crippen LogP contribution in [-0.2, 0) is 0 Å². The molecule has 6 heteroatoms. The molecule has 2 fully saturated rings. The van der Waals surface area contributed by atoms with Crippen molar-refractivity contribution in [3.63, 3.8) is 0 Å². The lowest BCUT2D eigenvalue weighted by atomic mass is 9.93. The van der Waals surface area contributed by atoms with Crippen LogP contribution in [0.25, 0.3) is 0 Å². The first-order chi connectivity index (χ1) is 16.7. The van der Waals surface area contributed by atoms with Crippen molar-refractivity contribution in [3.8, 4) is 0 Å². The predicted molar refractivity (Wildman–Crippen MR) is 135 cm³/mol. The van der Waals surface area contributed by atoms with E-state index in [1.54, 1.807) is 0 Å². The molecule has 2 aliphatic rings. The van der Waals surface area contributed by atoms with Crippen LogP contribution in [0.1, 0.15) is 87.4 Å². The third kappa shape index (κ3) is 6.99. The zero-order valence-electron chi connectivity index (χ0n) is 20.0. The quantitative estimate of drug-likeness (QED) is 0.424. The van der Waals surface area contributed by atoms with Crippen molar-refractivity contribution in [2.45, 2.75) is 88.4 Å². The van der Waals surface area contributed by atoms with Crippen LogP contribution in [0.3, 0.4) is 0 Å². The van der Waals surface area contributed by atoms with Crippen molar-refractivity contribution in [2.24, 2.45) is 0 Å². The van der Waals surface area contributed by atoms with Crippen molar-refractivity contribution in [1.82, 2.24) is 21.3 Å². The number of nitrogens with one attached hydrogen (secondary N) is 4. The summed E-state index contributed by atoms with van der Waals surface area (Å²) in [5.41, 5.74) is 1.90. The summed E-state index contributed by atoms with van der Waals surface area (Å²) in [7, 11) is 0. The van der Waals surface area contributed by atoms with Crippen LogP contribution in [0.5, 0.6) is 0 Å². The Balaban J connectivity index is 1.54. The van der Waals surface area contributed by atoms with Crippen LogP contribution in [0.4, 0.5) is 9.59 Å². The highest BCUT2D eigenvalue weighted by atomic mass is 16.2. The van der Waals surface area contributed by atoms with Crippen molar-refractivity contribution in [3.05, 3.63) is 71.8 Å². The Morgan fingerprint density at radius 2 is 0.912 bits per heavy atom. The molecule has 0 saturated heterocycles. The lowest BCUT2D eigenvalue weighted by Crippen LogP contribution is -2.50. The van der Waals surface area contributed by atoms with Gasteiger partial charge in [-0.05, 0) is 36.8 Å². The Morgan fingerprint density at radius 1 is 0.559 bits per heavy atom. The number of hydrogen-bond acceptors (Lipinski definition) is 2. The Hall–Kier alpha value is -3.02. The van der Waals surface area contributed by atoms with Crippen molar-refractivity contribution < 1.29 is 9.59 Å². The van der Waals surface area contributed by atoms with Gasteiger partial charge >= 0.3 is 12.1 Å². The standard InChI is InChI=1S/C28H38N4O2/c33-27(29-23-17-9-3-10-18-23)31-25(21-13-5-1-6-14-21)26(22-15-7-2-8-16-22)32-28(34)30-24-19-11-4-12-20-24/h1-2,5-8,13-16,23-26H,3-4,9-12,17-20H2,(H2,29,31,33)(H2,30,32,34)/t25-,26+. The molecule has 2 saturated carbocycles. The number of rotatable bonds is 7. The van der Waals surface area contributed by atoms with Gasteiger partial charge in [-0.25, -0.2) is 9.59 Å². The van der Waals surface area contributed by atoms with E-state index in [1.165, 1.54) is 12.8 Å². The van der Waals surface area contributed by atoms with Gasteiger partial charge in [0.1, 0.15) is 0 Å². The van der Waals surface area contributed by atoms with Crippen LogP contribution in [-0.4, -0.2) is 24.1 Å².